The van der Waals surface area contributed by atoms with Crippen molar-refractivity contribution in [3.8, 4) is 0 Å². The lowest BCUT2D eigenvalue weighted by atomic mass is 9.98. The molecule has 0 aromatic rings. The highest BCUT2D eigenvalue weighted by molar-refractivity contribution is 5.86. The van der Waals surface area contributed by atoms with Gasteiger partial charge in [0.1, 0.15) is 18.8 Å². The van der Waals surface area contributed by atoms with Crippen LogP contribution in [0.15, 0.2) is 0 Å². The molecule has 0 fully saturated rings. The van der Waals surface area contributed by atoms with Crippen LogP contribution in [0, 0.1) is 0 Å². The highest BCUT2D eigenvalue weighted by Gasteiger charge is 2.27. The van der Waals surface area contributed by atoms with E-state index in [4.69, 9.17) is 18.9 Å². The summed E-state index contributed by atoms with van der Waals surface area (Å²) in [6.07, 6.45) is 26.7. The number of hydrogen-bond donors (Lipinski definition) is 0. The monoisotopic (exact) mass is 697 g/mol. The molecule has 0 N–H and O–H groups in total. The van der Waals surface area contributed by atoms with Crippen molar-refractivity contribution in [3.05, 3.63) is 0 Å². The van der Waals surface area contributed by atoms with Crippen LogP contribution in [0.5, 0.6) is 0 Å². The fourth-order valence-electron chi connectivity index (χ4n) is 5.88. The average Bonchev–Trinajstić information content (AvgIpc) is 3.07. The van der Waals surface area contributed by atoms with Gasteiger partial charge in [0.15, 0.2) is 11.9 Å². The summed E-state index contributed by atoms with van der Waals surface area (Å²) in [7, 11) is 0. The maximum Gasteiger partial charge on any atom is 0.306 e. The molecule has 288 valence electrons. The molecule has 0 aromatic carbocycles. The van der Waals surface area contributed by atoms with Crippen LogP contribution in [-0.2, 0) is 38.1 Å². The summed E-state index contributed by atoms with van der Waals surface area (Å²) in [5.41, 5.74) is -0.886. The lowest BCUT2D eigenvalue weighted by Crippen LogP contribution is -2.35. The minimum Gasteiger partial charge on any atom is -0.462 e. The third-order valence-electron chi connectivity index (χ3n) is 9.09. The fraction of sp³-hybridized carbons (Fsp3) is 0.902. The van der Waals surface area contributed by atoms with Crippen molar-refractivity contribution in [1.29, 1.82) is 0 Å². The molecule has 0 aliphatic rings. The van der Waals surface area contributed by atoms with E-state index in [0.717, 1.165) is 38.5 Å². The zero-order chi connectivity index (χ0) is 36.4. The molecule has 0 rings (SSSR count). The largest absolute Gasteiger partial charge is 0.462 e. The summed E-state index contributed by atoms with van der Waals surface area (Å²) in [5.74, 6) is -1.26. The van der Waals surface area contributed by atoms with Crippen molar-refractivity contribution in [2.24, 2.45) is 0 Å². The van der Waals surface area contributed by atoms with Gasteiger partial charge in [-0.15, -0.1) is 0 Å². The van der Waals surface area contributed by atoms with Crippen molar-refractivity contribution in [3.63, 3.8) is 0 Å². The van der Waals surface area contributed by atoms with Gasteiger partial charge in [-0.05, 0) is 40.0 Å². The van der Waals surface area contributed by atoms with Crippen LogP contribution in [-0.4, -0.2) is 55.2 Å². The van der Waals surface area contributed by atoms with E-state index in [1.165, 1.54) is 103 Å². The summed E-state index contributed by atoms with van der Waals surface area (Å²) in [4.78, 5) is 49.9. The molecule has 0 saturated carbocycles. The standard InChI is InChI=1S/C41H76O8/c1-6-9-11-13-15-17-19-21-23-25-27-31-38(43)46-34-36(35-47-39(44)33-29-30-37(42)41(4,5)48-8-3)49-40(45)32-28-26-24-22-20-18-16-14-12-10-7-2/h36H,6-35H2,1-5H3. The van der Waals surface area contributed by atoms with Gasteiger partial charge < -0.3 is 18.9 Å². The van der Waals surface area contributed by atoms with Crippen molar-refractivity contribution in [2.45, 2.75) is 220 Å². The van der Waals surface area contributed by atoms with E-state index in [9.17, 15) is 19.2 Å². The molecule has 0 aromatic heterocycles. The van der Waals surface area contributed by atoms with Gasteiger partial charge in [0.2, 0.25) is 0 Å². The van der Waals surface area contributed by atoms with Crippen LogP contribution in [0.1, 0.15) is 208 Å². The van der Waals surface area contributed by atoms with E-state index in [2.05, 4.69) is 13.8 Å². The van der Waals surface area contributed by atoms with Gasteiger partial charge >= 0.3 is 17.9 Å². The molecule has 0 saturated heterocycles. The average molecular weight is 697 g/mol. The van der Waals surface area contributed by atoms with Crippen LogP contribution in [0.2, 0.25) is 0 Å². The van der Waals surface area contributed by atoms with Gasteiger partial charge in [-0.3, -0.25) is 19.2 Å². The van der Waals surface area contributed by atoms with Gasteiger partial charge in [-0.2, -0.15) is 0 Å². The second-order valence-corrected chi connectivity index (χ2v) is 14.3. The van der Waals surface area contributed by atoms with E-state index in [1.807, 2.05) is 6.92 Å². The smallest absolute Gasteiger partial charge is 0.306 e. The van der Waals surface area contributed by atoms with Gasteiger partial charge in [-0.1, -0.05) is 142 Å². The maximum atomic E-state index is 12.6. The topological polar surface area (TPSA) is 105 Å². The predicted octanol–water partition coefficient (Wildman–Crippen LogP) is 10.9. The van der Waals surface area contributed by atoms with Crippen LogP contribution < -0.4 is 0 Å². The highest BCUT2D eigenvalue weighted by atomic mass is 16.6. The first-order valence-corrected chi connectivity index (χ1v) is 20.3. The minimum absolute atomic E-state index is 0.0615. The van der Waals surface area contributed by atoms with E-state index < -0.39 is 17.7 Å². The van der Waals surface area contributed by atoms with Crippen LogP contribution in [0.4, 0.5) is 0 Å². The van der Waals surface area contributed by atoms with Crippen molar-refractivity contribution in [2.75, 3.05) is 19.8 Å². The predicted molar refractivity (Wildman–Crippen MR) is 199 cm³/mol. The van der Waals surface area contributed by atoms with Gasteiger partial charge in [-0.25, -0.2) is 0 Å². The Balaban J connectivity index is 4.50. The van der Waals surface area contributed by atoms with Gasteiger partial charge in [0.25, 0.3) is 0 Å². The van der Waals surface area contributed by atoms with E-state index in [-0.39, 0.29) is 50.2 Å². The number of esters is 3. The molecule has 1 atom stereocenters. The quantitative estimate of drug-likeness (QED) is 0.0362. The van der Waals surface area contributed by atoms with Gasteiger partial charge in [0, 0.05) is 32.3 Å². The number of hydrogen-bond acceptors (Lipinski definition) is 8. The third kappa shape index (κ3) is 30.6. The molecule has 8 nitrogen and oxygen atoms in total. The lowest BCUT2D eigenvalue weighted by molar-refractivity contribution is -0.167. The second kappa shape index (κ2) is 33.2. The first-order chi connectivity index (χ1) is 23.7. The molecular weight excluding hydrogens is 620 g/mol. The van der Waals surface area contributed by atoms with E-state index in [1.54, 1.807) is 13.8 Å². The molecule has 0 aliphatic carbocycles. The summed E-state index contributed by atoms with van der Waals surface area (Å²) < 4.78 is 21.9. The Morgan fingerprint density at radius 2 is 0.796 bits per heavy atom. The Morgan fingerprint density at radius 3 is 1.18 bits per heavy atom. The van der Waals surface area contributed by atoms with E-state index >= 15 is 0 Å². The van der Waals surface area contributed by atoms with Crippen LogP contribution in [0.25, 0.3) is 0 Å². The second-order valence-electron chi connectivity index (χ2n) is 14.3. The third-order valence-corrected chi connectivity index (χ3v) is 9.09. The number of ether oxygens (including phenoxy) is 4. The van der Waals surface area contributed by atoms with Crippen LogP contribution >= 0.6 is 0 Å². The van der Waals surface area contributed by atoms with Crippen LogP contribution in [0.3, 0.4) is 0 Å². The minimum atomic E-state index is -0.886. The number of Topliss-reactive ketones (excluding diaryl/α,β-unsaturated/α-hetero) is 1. The number of carbonyl (C=O) groups excluding carboxylic acids is 4. The molecule has 0 aliphatic heterocycles. The maximum absolute atomic E-state index is 12.6. The zero-order valence-electron chi connectivity index (χ0n) is 32.6. The molecule has 0 heterocycles. The fourth-order valence-corrected chi connectivity index (χ4v) is 5.88. The molecular formula is C41H76O8. The lowest BCUT2D eigenvalue weighted by Gasteiger charge is -2.22. The first-order valence-electron chi connectivity index (χ1n) is 20.3. The summed E-state index contributed by atoms with van der Waals surface area (Å²) in [5, 5.41) is 0. The highest BCUT2D eigenvalue weighted by Crippen LogP contribution is 2.16. The Bertz CT molecular complexity index is 824. The molecule has 0 radical (unpaired) electrons. The number of unbranched alkanes of at least 4 members (excludes halogenated alkanes) is 20. The molecule has 0 bridgehead atoms. The zero-order valence-corrected chi connectivity index (χ0v) is 32.6. The Labute approximate surface area is 300 Å². The number of rotatable bonds is 36. The van der Waals surface area contributed by atoms with Crippen molar-refractivity contribution in [1.82, 2.24) is 0 Å². The number of ketones is 1. The normalized spacial score (nSPS) is 12.1. The molecule has 1 unspecified atom stereocenters. The van der Waals surface area contributed by atoms with Crippen molar-refractivity contribution >= 4 is 23.7 Å². The Morgan fingerprint density at radius 1 is 0.449 bits per heavy atom. The molecule has 0 amide bonds. The number of carbonyl (C=O) groups is 4. The SMILES string of the molecule is CCCCCCCCCCCCCC(=O)OCC(COC(=O)CCCC(=O)C(C)(C)OCC)OC(=O)CCCCCCCCCCCCC. The van der Waals surface area contributed by atoms with Gasteiger partial charge in [0.05, 0.1) is 0 Å². The first kappa shape index (κ1) is 47.0. The summed E-state index contributed by atoms with van der Waals surface area (Å²) >= 11 is 0. The summed E-state index contributed by atoms with van der Waals surface area (Å²) in [6, 6.07) is 0. The molecule has 0 spiro atoms. The Kier molecular flexibility index (Phi) is 31.9. The Hall–Kier alpha value is -1.96. The molecule has 49 heavy (non-hydrogen) atoms. The summed E-state index contributed by atoms with van der Waals surface area (Å²) in [6.45, 7) is 9.87. The molecule has 8 heteroatoms. The van der Waals surface area contributed by atoms with Crippen molar-refractivity contribution < 1.29 is 38.1 Å². The van der Waals surface area contributed by atoms with E-state index in [0.29, 0.717) is 19.4 Å².